The molecule has 1 fully saturated rings. The summed E-state index contributed by atoms with van der Waals surface area (Å²) in [6.45, 7) is 1.92. The van der Waals surface area contributed by atoms with E-state index in [1.807, 2.05) is 6.07 Å². The minimum absolute atomic E-state index is 0.255. The summed E-state index contributed by atoms with van der Waals surface area (Å²) in [5.41, 5.74) is 0.958. The first-order chi connectivity index (χ1) is 7.84. The van der Waals surface area contributed by atoms with Gasteiger partial charge in [0, 0.05) is 6.04 Å². The molecule has 1 aromatic rings. The quantitative estimate of drug-likeness (QED) is 0.790. The highest BCUT2D eigenvalue weighted by atomic mass is 19.1. The maximum Gasteiger partial charge on any atom is 0.197 e. The van der Waals surface area contributed by atoms with Gasteiger partial charge in [0.15, 0.2) is 17.3 Å². The predicted molar refractivity (Wildman–Crippen MR) is 57.4 cm³/mol. The molecule has 4 heteroatoms. The van der Waals surface area contributed by atoms with Crippen molar-refractivity contribution in [3.63, 3.8) is 0 Å². The van der Waals surface area contributed by atoms with E-state index >= 15 is 0 Å². The van der Waals surface area contributed by atoms with E-state index in [9.17, 15) is 4.39 Å². The lowest BCUT2D eigenvalue weighted by Gasteiger charge is -2.21. The normalized spacial score (nSPS) is 23.4. The largest absolute Gasteiger partial charge is 0.486 e. The summed E-state index contributed by atoms with van der Waals surface area (Å²) in [7, 11) is 0. The van der Waals surface area contributed by atoms with Crippen LogP contribution in [-0.2, 0) is 0 Å². The molecule has 2 aliphatic rings. The van der Waals surface area contributed by atoms with Crippen molar-refractivity contribution in [1.29, 1.82) is 0 Å². The molecule has 1 N–H and O–H groups in total. The Labute approximate surface area is 93.6 Å². The number of rotatable bonds is 1. The Morgan fingerprint density at radius 1 is 1.25 bits per heavy atom. The number of nitrogens with one attached hydrogen (secondary N) is 1. The Kier molecular flexibility index (Phi) is 2.44. The van der Waals surface area contributed by atoms with E-state index in [-0.39, 0.29) is 17.6 Å². The Morgan fingerprint density at radius 3 is 2.94 bits per heavy atom. The van der Waals surface area contributed by atoms with Gasteiger partial charge in [-0.05, 0) is 37.1 Å². The summed E-state index contributed by atoms with van der Waals surface area (Å²) in [5, 5.41) is 3.34. The van der Waals surface area contributed by atoms with Gasteiger partial charge in [0.1, 0.15) is 13.2 Å². The van der Waals surface area contributed by atoms with Crippen molar-refractivity contribution < 1.29 is 13.9 Å². The molecule has 1 saturated heterocycles. The highest BCUT2D eigenvalue weighted by molar-refractivity contribution is 5.46. The van der Waals surface area contributed by atoms with Crippen LogP contribution in [0.1, 0.15) is 24.4 Å². The molecule has 1 aromatic carbocycles. The topological polar surface area (TPSA) is 30.5 Å². The van der Waals surface area contributed by atoms with Gasteiger partial charge >= 0.3 is 0 Å². The number of hydrogen-bond donors (Lipinski definition) is 1. The van der Waals surface area contributed by atoms with Crippen LogP contribution in [0.25, 0.3) is 0 Å². The van der Waals surface area contributed by atoms with Crippen LogP contribution in [-0.4, -0.2) is 19.8 Å². The van der Waals surface area contributed by atoms with Crippen LogP contribution in [0, 0.1) is 5.82 Å². The van der Waals surface area contributed by atoms with E-state index in [0.717, 1.165) is 24.9 Å². The van der Waals surface area contributed by atoms with Gasteiger partial charge in [0.05, 0.1) is 0 Å². The van der Waals surface area contributed by atoms with Crippen LogP contribution >= 0.6 is 0 Å². The van der Waals surface area contributed by atoms with Crippen LogP contribution in [0.5, 0.6) is 11.5 Å². The zero-order valence-electron chi connectivity index (χ0n) is 8.96. The first-order valence-electron chi connectivity index (χ1n) is 5.67. The van der Waals surface area contributed by atoms with Gasteiger partial charge in [-0.3, -0.25) is 0 Å². The fourth-order valence-corrected chi connectivity index (χ4v) is 2.30. The lowest BCUT2D eigenvalue weighted by Crippen LogP contribution is -2.18. The van der Waals surface area contributed by atoms with Crippen molar-refractivity contribution in [3.05, 3.63) is 23.5 Å². The molecule has 0 aliphatic carbocycles. The van der Waals surface area contributed by atoms with E-state index < -0.39 is 0 Å². The molecule has 0 bridgehead atoms. The summed E-state index contributed by atoms with van der Waals surface area (Å²) in [6.07, 6.45) is 2.19. The third-order valence-electron chi connectivity index (χ3n) is 3.08. The summed E-state index contributed by atoms with van der Waals surface area (Å²) >= 11 is 0. The minimum Gasteiger partial charge on any atom is -0.486 e. The van der Waals surface area contributed by atoms with Crippen molar-refractivity contribution in [2.75, 3.05) is 19.8 Å². The number of hydrogen-bond acceptors (Lipinski definition) is 3. The van der Waals surface area contributed by atoms with E-state index in [4.69, 9.17) is 9.47 Å². The van der Waals surface area contributed by atoms with Gasteiger partial charge in [0.25, 0.3) is 0 Å². The molecule has 0 amide bonds. The average molecular weight is 223 g/mol. The number of fused-ring (bicyclic) bond motifs is 1. The first-order valence-corrected chi connectivity index (χ1v) is 5.67. The maximum absolute atomic E-state index is 13.8. The number of ether oxygens (including phenoxy) is 2. The van der Waals surface area contributed by atoms with Crippen LogP contribution in [0.15, 0.2) is 12.1 Å². The molecule has 2 aliphatic heterocycles. The molecule has 1 unspecified atom stereocenters. The number of halogens is 1. The first kappa shape index (κ1) is 9.90. The van der Waals surface area contributed by atoms with Crippen molar-refractivity contribution in [1.82, 2.24) is 5.32 Å². The smallest absolute Gasteiger partial charge is 0.197 e. The molecule has 3 nitrogen and oxygen atoms in total. The summed E-state index contributed by atoms with van der Waals surface area (Å²) in [4.78, 5) is 0. The molecular formula is C12H14FNO2. The molecule has 0 radical (unpaired) electrons. The second kappa shape index (κ2) is 3.94. The molecule has 3 rings (SSSR count). The van der Waals surface area contributed by atoms with E-state index in [1.54, 1.807) is 6.07 Å². The third-order valence-corrected chi connectivity index (χ3v) is 3.08. The second-order valence-corrected chi connectivity index (χ2v) is 4.18. The lowest BCUT2D eigenvalue weighted by molar-refractivity contribution is 0.164. The van der Waals surface area contributed by atoms with E-state index in [0.29, 0.717) is 19.0 Å². The molecule has 0 aromatic heterocycles. The predicted octanol–water partition coefficient (Wildman–Crippen LogP) is 2.02. The van der Waals surface area contributed by atoms with E-state index in [1.165, 1.54) is 0 Å². The monoisotopic (exact) mass is 223 g/mol. The van der Waals surface area contributed by atoms with Gasteiger partial charge in [0.2, 0.25) is 0 Å². The van der Waals surface area contributed by atoms with Crippen molar-refractivity contribution in [3.8, 4) is 11.5 Å². The summed E-state index contributed by atoms with van der Waals surface area (Å²) in [6, 6.07) is 3.70. The third kappa shape index (κ3) is 1.63. The van der Waals surface area contributed by atoms with Crippen LogP contribution < -0.4 is 14.8 Å². The SMILES string of the molecule is Fc1cc(C2CCCN2)cc2c1OCCO2. The molecule has 86 valence electrons. The average Bonchev–Trinajstić information content (AvgIpc) is 2.82. The molecular weight excluding hydrogens is 209 g/mol. The van der Waals surface area contributed by atoms with Gasteiger partial charge < -0.3 is 14.8 Å². The van der Waals surface area contributed by atoms with Gasteiger partial charge in [-0.2, -0.15) is 0 Å². The van der Waals surface area contributed by atoms with Gasteiger partial charge in [-0.1, -0.05) is 0 Å². The fourth-order valence-electron chi connectivity index (χ4n) is 2.30. The van der Waals surface area contributed by atoms with Gasteiger partial charge in [-0.25, -0.2) is 4.39 Å². The second-order valence-electron chi connectivity index (χ2n) is 4.18. The van der Waals surface area contributed by atoms with Crippen LogP contribution in [0.3, 0.4) is 0 Å². The van der Waals surface area contributed by atoms with Crippen LogP contribution in [0.4, 0.5) is 4.39 Å². The maximum atomic E-state index is 13.8. The molecule has 0 spiro atoms. The fraction of sp³-hybridized carbons (Fsp3) is 0.500. The van der Waals surface area contributed by atoms with Crippen LogP contribution in [0.2, 0.25) is 0 Å². The summed E-state index contributed by atoms with van der Waals surface area (Å²) in [5.74, 6) is 0.476. The Balaban J connectivity index is 1.97. The molecule has 0 saturated carbocycles. The molecule has 16 heavy (non-hydrogen) atoms. The van der Waals surface area contributed by atoms with Crippen molar-refractivity contribution in [2.45, 2.75) is 18.9 Å². The van der Waals surface area contributed by atoms with Crippen molar-refractivity contribution >= 4 is 0 Å². The minimum atomic E-state index is -0.319. The highest BCUT2D eigenvalue weighted by Crippen LogP contribution is 2.37. The lowest BCUT2D eigenvalue weighted by atomic mass is 10.0. The Bertz CT molecular complexity index is 402. The Morgan fingerprint density at radius 2 is 2.12 bits per heavy atom. The number of benzene rings is 1. The highest BCUT2D eigenvalue weighted by Gasteiger charge is 2.22. The van der Waals surface area contributed by atoms with Crippen molar-refractivity contribution in [2.24, 2.45) is 0 Å². The zero-order chi connectivity index (χ0) is 11.0. The molecule has 2 heterocycles. The summed E-state index contributed by atoms with van der Waals surface area (Å²) < 4.78 is 24.4. The standard InChI is InChI=1S/C12H14FNO2/c13-9-6-8(10-2-1-3-14-10)7-11-12(9)16-5-4-15-11/h6-7,10,14H,1-5H2. The van der Waals surface area contributed by atoms with E-state index in [2.05, 4.69) is 5.32 Å². The zero-order valence-corrected chi connectivity index (χ0v) is 8.96. The van der Waals surface area contributed by atoms with Gasteiger partial charge in [-0.15, -0.1) is 0 Å². The Hall–Kier alpha value is -1.29. The molecule has 1 atom stereocenters.